The van der Waals surface area contributed by atoms with E-state index in [0.29, 0.717) is 0 Å². The van der Waals surface area contributed by atoms with Crippen LogP contribution in [0.25, 0.3) is 0 Å². The summed E-state index contributed by atoms with van der Waals surface area (Å²) < 4.78 is 4.66. The molecule has 0 aromatic rings. The highest BCUT2D eigenvalue weighted by Crippen LogP contribution is 2.09. The van der Waals surface area contributed by atoms with Gasteiger partial charge in [0.1, 0.15) is 0 Å². The van der Waals surface area contributed by atoms with Crippen molar-refractivity contribution in [2.75, 3.05) is 26.4 Å². The predicted octanol–water partition coefficient (Wildman–Crippen LogP) is -1.94. The fourth-order valence-corrected chi connectivity index (χ4v) is 0.607. The maximum Gasteiger partial charge on any atom is 0.191 e. The van der Waals surface area contributed by atoms with Crippen molar-refractivity contribution in [2.24, 2.45) is 0 Å². The van der Waals surface area contributed by atoms with Gasteiger partial charge in [0.2, 0.25) is 0 Å². The highest BCUT2D eigenvalue weighted by Gasteiger charge is 2.25. The Labute approximate surface area is 64.9 Å². The fourth-order valence-electron chi connectivity index (χ4n) is 0.607. The van der Waals surface area contributed by atoms with Gasteiger partial charge < -0.3 is 25.2 Å². The number of rotatable bonds is 6. The third kappa shape index (κ3) is 4.28. The normalized spacial score (nSPS) is 16.4. The van der Waals surface area contributed by atoms with Gasteiger partial charge in [0.25, 0.3) is 0 Å². The van der Waals surface area contributed by atoms with Gasteiger partial charge in [-0.15, -0.1) is 0 Å². The Morgan fingerprint density at radius 2 is 1.73 bits per heavy atom. The minimum absolute atomic E-state index is 0.0585. The summed E-state index contributed by atoms with van der Waals surface area (Å²) in [5, 5.41) is 34.5. The Morgan fingerprint density at radius 3 is 2.09 bits per heavy atom. The molecule has 5 nitrogen and oxygen atoms in total. The first-order chi connectivity index (χ1) is 5.18. The predicted molar refractivity (Wildman–Crippen MR) is 36.8 cm³/mol. The zero-order valence-electron chi connectivity index (χ0n) is 6.23. The van der Waals surface area contributed by atoms with E-state index in [9.17, 15) is 5.11 Å². The highest BCUT2D eigenvalue weighted by atomic mass is 16.6. The van der Waals surface area contributed by atoms with Gasteiger partial charge in [-0.25, -0.2) is 0 Å². The number of aliphatic hydroxyl groups excluding tert-OH is 3. The van der Waals surface area contributed by atoms with Gasteiger partial charge in [-0.1, -0.05) is 0 Å². The lowest BCUT2D eigenvalue weighted by Gasteiger charge is -2.24. The van der Waals surface area contributed by atoms with E-state index in [1.807, 2.05) is 0 Å². The summed E-state index contributed by atoms with van der Waals surface area (Å²) in [6, 6.07) is 0. The number of hydrogen-bond donors (Lipinski definition) is 4. The third-order valence-electron chi connectivity index (χ3n) is 1.21. The standard InChI is InChI=1S/C6H14O5/c7-2-1-6(10,5-9)11-4-3-8/h7-10H,1-5H2. The molecule has 68 valence electrons. The Kier molecular flexibility index (Phi) is 5.35. The average molecular weight is 166 g/mol. The lowest BCUT2D eigenvalue weighted by atomic mass is 10.2. The molecule has 0 spiro atoms. The molecule has 0 heterocycles. The second kappa shape index (κ2) is 5.45. The molecule has 0 aromatic heterocycles. The van der Waals surface area contributed by atoms with Crippen LogP contribution in [-0.2, 0) is 4.74 Å². The van der Waals surface area contributed by atoms with Gasteiger partial charge in [0.05, 0.1) is 19.8 Å². The molecule has 0 aliphatic carbocycles. The van der Waals surface area contributed by atoms with Crippen molar-refractivity contribution in [1.82, 2.24) is 0 Å². The summed E-state index contributed by atoms with van der Waals surface area (Å²) >= 11 is 0. The zero-order chi connectivity index (χ0) is 8.74. The van der Waals surface area contributed by atoms with Crippen LogP contribution in [0.15, 0.2) is 0 Å². The monoisotopic (exact) mass is 166 g/mol. The van der Waals surface area contributed by atoms with Crippen LogP contribution in [0.4, 0.5) is 0 Å². The first-order valence-corrected chi connectivity index (χ1v) is 3.37. The van der Waals surface area contributed by atoms with E-state index in [4.69, 9.17) is 15.3 Å². The van der Waals surface area contributed by atoms with Crippen LogP contribution in [-0.4, -0.2) is 52.6 Å². The molecule has 0 amide bonds. The van der Waals surface area contributed by atoms with Crippen LogP contribution < -0.4 is 0 Å². The van der Waals surface area contributed by atoms with Crippen LogP contribution in [0.5, 0.6) is 0 Å². The quantitative estimate of drug-likeness (QED) is 0.345. The minimum Gasteiger partial charge on any atom is -0.396 e. The summed E-state index contributed by atoms with van der Waals surface area (Å²) in [7, 11) is 0. The van der Waals surface area contributed by atoms with Crippen molar-refractivity contribution >= 4 is 0 Å². The Balaban J connectivity index is 3.68. The van der Waals surface area contributed by atoms with E-state index in [1.54, 1.807) is 0 Å². The highest BCUT2D eigenvalue weighted by molar-refractivity contribution is 4.64. The molecule has 0 fully saturated rings. The van der Waals surface area contributed by atoms with Gasteiger partial charge in [0, 0.05) is 13.0 Å². The van der Waals surface area contributed by atoms with Gasteiger partial charge in [-0.2, -0.15) is 0 Å². The summed E-state index contributed by atoms with van der Waals surface area (Å²) in [6.45, 7) is -1.15. The molecule has 11 heavy (non-hydrogen) atoms. The smallest absolute Gasteiger partial charge is 0.191 e. The largest absolute Gasteiger partial charge is 0.396 e. The number of aliphatic hydroxyl groups is 4. The van der Waals surface area contributed by atoms with E-state index < -0.39 is 12.4 Å². The Morgan fingerprint density at radius 1 is 1.09 bits per heavy atom. The van der Waals surface area contributed by atoms with E-state index in [-0.39, 0.29) is 26.2 Å². The molecular formula is C6H14O5. The number of hydrogen-bond acceptors (Lipinski definition) is 5. The summed E-state index contributed by atoms with van der Waals surface area (Å²) in [4.78, 5) is 0. The molecule has 0 radical (unpaired) electrons. The van der Waals surface area contributed by atoms with Crippen LogP contribution in [0.2, 0.25) is 0 Å². The molecular weight excluding hydrogens is 152 g/mol. The van der Waals surface area contributed by atoms with Gasteiger partial charge >= 0.3 is 0 Å². The summed E-state index contributed by atoms with van der Waals surface area (Å²) in [6.07, 6.45) is -0.0660. The maximum atomic E-state index is 9.21. The van der Waals surface area contributed by atoms with Crippen molar-refractivity contribution < 1.29 is 25.2 Å². The van der Waals surface area contributed by atoms with Crippen LogP contribution >= 0.6 is 0 Å². The summed E-state index contributed by atoms with van der Waals surface area (Å²) in [5.74, 6) is -1.71. The Bertz CT molecular complexity index is 97.0. The molecule has 0 aliphatic rings. The average Bonchev–Trinajstić information content (AvgIpc) is 2.02. The summed E-state index contributed by atoms with van der Waals surface area (Å²) in [5.41, 5.74) is 0. The molecule has 4 N–H and O–H groups in total. The lowest BCUT2D eigenvalue weighted by molar-refractivity contribution is -0.234. The first-order valence-electron chi connectivity index (χ1n) is 3.37. The van der Waals surface area contributed by atoms with E-state index in [2.05, 4.69) is 4.74 Å². The third-order valence-corrected chi connectivity index (χ3v) is 1.21. The molecule has 5 heteroatoms. The molecule has 1 unspecified atom stereocenters. The zero-order valence-corrected chi connectivity index (χ0v) is 6.23. The number of ether oxygens (including phenoxy) is 1. The molecule has 0 saturated heterocycles. The maximum absolute atomic E-state index is 9.21. The second-order valence-electron chi connectivity index (χ2n) is 2.15. The lowest BCUT2D eigenvalue weighted by Crippen LogP contribution is -2.38. The SMILES string of the molecule is OCCOC(O)(CO)CCO. The van der Waals surface area contributed by atoms with Gasteiger partial charge in [-0.3, -0.25) is 0 Å². The van der Waals surface area contributed by atoms with E-state index in [1.165, 1.54) is 0 Å². The molecule has 0 aromatic carbocycles. The topological polar surface area (TPSA) is 90.2 Å². The van der Waals surface area contributed by atoms with E-state index in [0.717, 1.165) is 0 Å². The first kappa shape index (κ1) is 10.8. The van der Waals surface area contributed by atoms with Crippen LogP contribution in [0, 0.1) is 0 Å². The molecule has 1 atom stereocenters. The van der Waals surface area contributed by atoms with Crippen LogP contribution in [0.1, 0.15) is 6.42 Å². The van der Waals surface area contributed by atoms with Crippen molar-refractivity contribution in [3.63, 3.8) is 0 Å². The molecule has 0 saturated carbocycles. The van der Waals surface area contributed by atoms with Gasteiger partial charge in [-0.05, 0) is 0 Å². The molecule has 0 aliphatic heterocycles. The van der Waals surface area contributed by atoms with Crippen molar-refractivity contribution in [3.8, 4) is 0 Å². The van der Waals surface area contributed by atoms with Crippen molar-refractivity contribution in [2.45, 2.75) is 12.2 Å². The second-order valence-corrected chi connectivity index (χ2v) is 2.15. The van der Waals surface area contributed by atoms with Gasteiger partial charge in [0.15, 0.2) is 5.79 Å². The molecule has 0 bridgehead atoms. The fraction of sp³-hybridized carbons (Fsp3) is 1.00. The van der Waals surface area contributed by atoms with E-state index >= 15 is 0 Å². The van der Waals surface area contributed by atoms with Crippen molar-refractivity contribution in [1.29, 1.82) is 0 Å². The van der Waals surface area contributed by atoms with Crippen molar-refractivity contribution in [3.05, 3.63) is 0 Å². The minimum atomic E-state index is -1.71. The molecule has 0 rings (SSSR count). The van der Waals surface area contributed by atoms with Crippen LogP contribution in [0.3, 0.4) is 0 Å². The Hall–Kier alpha value is -0.200.